The fraction of sp³-hybridized carbons (Fsp3) is 0.500. The van der Waals surface area contributed by atoms with Crippen LogP contribution >= 0.6 is 11.8 Å². The SMILES string of the molecule is CC1(C)S[C@H]2N(C(=O)[C@]2(C)NC(=O)Cc2ccc(OCN)cc2)[C@H]1C(=O)O. The van der Waals surface area contributed by atoms with Crippen molar-refractivity contribution >= 4 is 29.5 Å². The Morgan fingerprint density at radius 1 is 1.30 bits per heavy atom. The number of ether oxygens (including phenoxy) is 1. The van der Waals surface area contributed by atoms with Crippen LogP contribution in [-0.4, -0.2) is 56.2 Å². The van der Waals surface area contributed by atoms with Crippen LogP contribution in [0, 0.1) is 0 Å². The average molecular weight is 393 g/mol. The Morgan fingerprint density at radius 2 is 1.93 bits per heavy atom. The number of carbonyl (C=O) groups excluding carboxylic acids is 2. The maximum Gasteiger partial charge on any atom is 0.327 e. The van der Waals surface area contributed by atoms with E-state index < -0.39 is 27.7 Å². The molecule has 146 valence electrons. The Hall–Kier alpha value is -2.26. The third kappa shape index (κ3) is 3.25. The van der Waals surface area contributed by atoms with Gasteiger partial charge in [0.15, 0.2) is 0 Å². The number of carbonyl (C=O) groups is 3. The van der Waals surface area contributed by atoms with Gasteiger partial charge in [0.05, 0.1) is 6.42 Å². The molecule has 0 aromatic heterocycles. The number of benzene rings is 1. The minimum absolute atomic E-state index is 0.0730. The van der Waals surface area contributed by atoms with Crippen molar-refractivity contribution in [1.82, 2.24) is 10.2 Å². The Kier molecular flexibility index (Phi) is 4.85. The molecule has 4 N–H and O–H groups in total. The standard InChI is InChI=1S/C18H23N3O5S/c1-17(2)13(14(23)24)21-15(25)18(3,16(21)27-17)20-12(22)8-10-4-6-11(7-5-10)26-9-19/h4-7,13,16H,8-9,19H2,1-3H3,(H,20,22)(H,23,24)/t13-,16+,18-/m0/s1. The van der Waals surface area contributed by atoms with Crippen molar-refractivity contribution in [3.63, 3.8) is 0 Å². The molecule has 9 heteroatoms. The van der Waals surface area contributed by atoms with E-state index in [4.69, 9.17) is 10.5 Å². The van der Waals surface area contributed by atoms with E-state index in [1.54, 1.807) is 45.0 Å². The van der Waals surface area contributed by atoms with Gasteiger partial charge in [-0.05, 0) is 38.5 Å². The summed E-state index contributed by atoms with van der Waals surface area (Å²) >= 11 is 1.40. The molecule has 27 heavy (non-hydrogen) atoms. The zero-order valence-electron chi connectivity index (χ0n) is 15.4. The molecule has 0 aliphatic carbocycles. The Bertz CT molecular complexity index is 782. The molecule has 2 amide bonds. The first-order valence-corrected chi connectivity index (χ1v) is 9.44. The first-order chi connectivity index (χ1) is 12.6. The van der Waals surface area contributed by atoms with Gasteiger partial charge in [-0.2, -0.15) is 0 Å². The van der Waals surface area contributed by atoms with Crippen LogP contribution in [0.25, 0.3) is 0 Å². The van der Waals surface area contributed by atoms with E-state index in [1.807, 2.05) is 0 Å². The zero-order chi connectivity index (χ0) is 20.0. The zero-order valence-corrected chi connectivity index (χ0v) is 16.2. The number of hydrogen-bond donors (Lipinski definition) is 3. The van der Waals surface area contributed by atoms with E-state index in [1.165, 1.54) is 16.7 Å². The number of thioether (sulfide) groups is 1. The third-order valence-corrected chi connectivity index (χ3v) is 6.70. The highest BCUT2D eigenvalue weighted by Crippen LogP contribution is 2.54. The maximum absolute atomic E-state index is 12.7. The van der Waals surface area contributed by atoms with Crippen molar-refractivity contribution in [3.8, 4) is 5.75 Å². The highest BCUT2D eigenvalue weighted by molar-refractivity contribution is 8.01. The number of nitrogens with two attached hydrogens (primary N) is 1. The number of nitrogens with zero attached hydrogens (tertiary/aromatic N) is 1. The highest BCUT2D eigenvalue weighted by Gasteiger charge is 2.69. The minimum Gasteiger partial charge on any atom is -0.480 e. The molecule has 0 spiro atoms. The summed E-state index contributed by atoms with van der Waals surface area (Å²) in [5.74, 6) is -1.08. The average Bonchev–Trinajstić information content (AvgIpc) is 2.86. The molecule has 0 unspecified atom stereocenters. The van der Waals surface area contributed by atoms with Crippen LogP contribution in [0.3, 0.4) is 0 Å². The van der Waals surface area contributed by atoms with Crippen LogP contribution in [0.4, 0.5) is 0 Å². The van der Waals surface area contributed by atoms with Crippen LogP contribution in [0.15, 0.2) is 24.3 Å². The lowest BCUT2D eigenvalue weighted by Crippen LogP contribution is -2.78. The first-order valence-electron chi connectivity index (χ1n) is 8.56. The number of nitrogens with one attached hydrogen (secondary N) is 1. The summed E-state index contributed by atoms with van der Waals surface area (Å²) in [6, 6.07) is 6.06. The molecule has 3 atom stereocenters. The molecule has 2 aliphatic heterocycles. The van der Waals surface area contributed by atoms with Crippen LogP contribution in [0.2, 0.25) is 0 Å². The van der Waals surface area contributed by atoms with Crippen molar-refractivity contribution in [2.45, 2.75) is 48.9 Å². The second kappa shape index (κ2) is 6.72. The lowest BCUT2D eigenvalue weighted by molar-refractivity contribution is -0.167. The number of rotatable bonds is 6. The van der Waals surface area contributed by atoms with Gasteiger partial charge >= 0.3 is 5.97 Å². The van der Waals surface area contributed by atoms with Gasteiger partial charge in [-0.25, -0.2) is 4.79 Å². The van der Waals surface area contributed by atoms with Gasteiger partial charge in [-0.3, -0.25) is 15.3 Å². The Morgan fingerprint density at radius 3 is 2.48 bits per heavy atom. The fourth-order valence-corrected chi connectivity index (χ4v) is 5.30. The summed E-state index contributed by atoms with van der Waals surface area (Å²) in [5, 5.41) is 11.9. The Balaban J connectivity index is 1.68. The molecule has 2 fully saturated rings. The van der Waals surface area contributed by atoms with Crippen molar-refractivity contribution in [1.29, 1.82) is 0 Å². The lowest BCUT2D eigenvalue weighted by Gasteiger charge is -2.51. The van der Waals surface area contributed by atoms with E-state index in [-0.39, 0.29) is 25.0 Å². The number of carboxylic acids is 1. The fourth-order valence-electron chi connectivity index (χ4n) is 3.66. The molecular formula is C18H23N3O5S. The van der Waals surface area contributed by atoms with E-state index in [0.29, 0.717) is 5.75 Å². The molecule has 0 saturated carbocycles. The second-order valence-corrected chi connectivity index (χ2v) is 9.14. The molecule has 2 heterocycles. The third-order valence-electron chi connectivity index (χ3n) is 4.95. The summed E-state index contributed by atoms with van der Waals surface area (Å²) in [6.07, 6.45) is 0.106. The number of β-lactam (4-membered cyclic amide) rings is 1. The van der Waals surface area contributed by atoms with Crippen LogP contribution < -0.4 is 15.8 Å². The van der Waals surface area contributed by atoms with Gasteiger partial charge < -0.3 is 20.1 Å². The largest absolute Gasteiger partial charge is 0.480 e. The molecule has 2 saturated heterocycles. The number of hydrogen-bond acceptors (Lipinski definition) is 6. The minimum atomic E-state index is -1.11. The summed E-state index contributed by atoms with van der Waals surface area (Å²) in [5.41, 5.74) is 4.98. The topological polar surface area (TPSA) is 122 Å². The van der Waals surface area contributed by atoms with Gasteiger partial charge in [0, 0.05) is 4.75 Å². The van der Waals surface area contributed by atoms with Gasteiger partial charge in [0.1, 0.15) is 29.4 Å². The van der Waals surface area contributed by atoms with E-state index in [9.17, 15) is 19.5 Å². The quantitative estimate of drug-likeness (QED) is 0.476. The predicted octanol–water partition coefficient (Wildman–Crippen LogP) is 0.546. The van der Waals surface area contributed by atoms with Crippen molar-refractivity contribution in [2.75, 3.05) is 6.73 Å². The summed E-state index contributed by atoms with van der Waals surface area (Å²) in [4.78, 5) is 38.1. The predicted molar refractivity (Wildman–Crippen MR) is 100 cm³/mol. The van der Waals surface area contributed by atoms with Gasteiger partial charge in [0.2, 0.25) is 5.91 Å². The monoisotopic (exact) mass is 393 g/mol. The lowest BCUT2D eigenvalue weighted by atomic mass is 9.86. The normalized spacial score (nSPS) is 28.3. The second-order valence-electron chi connectivity index (χ2n) is 7.41. The molecule has 1 aromatic carbocycles. The first kappa shape index (κ1) is 19.5. The van der Waals surface area contributed by atoms with E-state index in [0.717, 1.165) is 5.56 Å². The highest BCUT2D eigenvalue weighted by atomic mass is 32.2. The molecule has 3 rings (SSSR count). The van der Waals surface area contributed by atoms with Gasteiger partial charge in [-0.1, -0.05) is 12.1 Å². The van der Waals surface area contributed by atoms with Crippen molar-refractivity contribution in [3.05, 3.63) is 29.8 Å². The van der Waals surface area contributed by atoms with E-state index in [2.05, 4.69) is 5.32 Å². The van der Waals surface area contributed by atoms with Crippen molar-refractivity contribution < 1.29 is 24.2 Å². The molecule has 0 bridgehead atoms. The summed E-state index contributed by atoms with van der Waals surface area (Å²) < 4.78 is 4.53. The molecule has 2 aliphatic rings. The van der Waals surface area contributed by atoms with Crippen LogP contribution in [0.1, 0.15) is 26.3 Å². The smallest absolute Gasteiger partial charge is 0.327 e. The molecule has 8 nitrogen and oxygen atoms in total. The van der Waals surface area contributed by atoms with Crippen LogP contribution in [0.5, 0.6) is 5.75 Å². The number of carboxylic acid groups (broad SMARTS) is 1. The summed E-state index contributed by atoms with van der Waals surface area (Å²) in [7, 11) is 0. The number of aliphatic carboxylic acids is 1. The number of amides is 2. The van der Waals surface area contributed by atoms with E-state index >= 15 is 0 Å². The molecular weight excluding hydrogens is 370 g/mol. The van der Waals surface area contributed by atoms with Gasteiger partial charge in [-0.15, -0.1) is 11.8 Å². The number of fused-ring (bicyclic) bond motifs is 1. The Labute approximate surface area is 161 Å². The molecule has 1 aromatic rings. The van der Waals surface area contributed by atoms with Crippen LogP contribution in [-0.2, 0) is 20.8 Å². The van der Waals surface area contributed by atoms with Gasteiger partial charge in [0.25, 0.3) is 5.91 Å². The maximum atomic E-state index is 12.7. The summed E-state index contributed by atoms with van der Waals surface area (Å²) in [6.45, 7) is 5.33. The molecule has 0 radical (unpaired) electrons. The van der Waals surface area contributed by atoms with Crippen molar-refractivity contribution in [2.24, 2.45) is 5.73 Å².